The first-order chi connectivity index (χ1) is 14.8. The van der Waals surface area contributed by atoms with Crippen molar-refractivity contribution in [2.45, 2.75) is 45.2 Å². The van der Waals surface area contributed by atoms with Crippen LogP contribution < -0.4 is 21.9 Å². The van der Waals surface area contributed by atoms with Gasteiger partial charge in [-0.05, 0) is 43.1 Å². The first kappa shape index (κ1) is 20.5. The third kappa shape index (κ3) is 3.15. The van der Waals surface area contributed by atoms with E-state index in [-0.39, 0.29) is 22.8 Å². The van der Waals surface area contributed by atoms with Gasteiger partial charge in [-0.2, -0.15) is 0 Å². The molecule has 0 amide bonds. The number of nitrogen functional groups attached to an aromatic ring is 1. The van der Waals surface area contributed by atoms with E-state index in [0.717, 1.165) is 32.4 Å². The summed E-state index contributed by atoms with van der Waals surface area (Å²) < 4.78 is 1.63. The van der Waals surface area contributed by atoms with Crippen LogP contribution >= 0.6 is 11.6 Å². The van der Waals surface area contributed by atoms with Crippen molar-refractivity contribution in [1.29, 1.82) is 0 Å². The van der Waals surface area contributed by atoms with E-state index < -0.39 is 0 Å². The Morgan fingerprint density at radius 1 is 1.29 bits per heavy atom. The number of anilines is 2. The van der Waals surface area contributed by atoms with Crippen molar-refractivity contribution in [1.82, 2.24) is 14.5 Å². The van der Waals surface area contributed by atoms with Crippen molar-refractivity contribution in [3.8, 4) is 0 Å². The topological polar surface area (TPSA) is 115 Å². The third-order valence-electron chi connectivity index (χ3n) is 7.38. The molecule has 9 heteroatoms. The van der Waals surface area contributed by atoms with Crippen LogP contribution in [0.1, 0.15) is 49.4 Å². The van der Waals surface area contributed by atoms with E-state index in [1.54, 1.807) is 23.9 Å². The molecule has 31 heavy (non-hydrogen) atoms. The Kier molecular flexibility index (Phi) is 4.82. The largest absolute Gasteiger partial charge is 0.382 e. The van der Waals surface area contributed by atoms with Gasteiger partial charge in [-0.15, -0.1) is 0 Å². The molecular weight excluding hydrogens is 414 g/mol. The van der Waals surface area contributed by atoms with Crippen LogP contribution in [-0.2, 0) is 13.6 Å². The zero-order valence-corrected chi connectivity index (χ0v) is 18.7. The number of halogens is 1. The van der Waals surface area contributed by atoms with Gasteiger partial charge in [0.2, 0.25) is 5.95 Å². The lowest BCUT2D eigenvalue weighted by Crippen LogP contribution is -2.48. The summed E-state index contributed by atoms with van der Waals surface area (Å²) >= 11 is 6.35. The maximum atomic E-state index is 13.4. The van der Waals surface area contributed by atoms with Gasteiger partial charge in [-0.1, -0.05) is 18.5 Å². The van der Waals surface area contributed by atoms with E-state index in [4.69, 9.17) is 28.1 Å². The van der Waals surface area contributed by atoms with Crippen LogP contribution in [0.5, 0.6) is 0 Å². The average Bonchev–Trinajstić information content (AvgIpc) is 3.28. The van der Waals surface area contributed by atoms with Crippen molar-refractivity contribution in [3.63, 3.8) is 0 Å². The first-order valence-corrected chi connectivity index (χ1v) is 11.2. The molecule has 2 atom stereocenters. The summed E-state index contributed by atoms with van der Waals surface area (Å²) in [5.41, 5.74) is 14.8. The van der Waals surface area contributed by atoms with E-state index in [1.807, 2.05) is 0 Å². The lowest BCUT2D eigenvalue weighted by atomic mass is 9.74. The maximum Gasteiger partial charge on any atom is 0.264 e. The van der Waals surface area contributed by atoms with Crippen molar-refractivity contribution in [3.05, 3.63) is 44.5 Å². The van der Waals surface area contributed by atoms with Crippen LogP contribution in [0, 0.1) is 11.3 Å². The Balaban J connectivity index is 1.45. The summed E-state index contributed by atoms with van der Waals surface area (Å²) in [4.78, 5) is 29.0. The summed E-state index contributed by atoms with van der Waals surface area (Å²) in [6, 6.07) is 2.01. The average molecular weight is 442 g/mol. The molecule has 164 valence electrons. The molecule has 0 bridgehead atoms. The number of aromatic nitrogens is 3. The number of rotatable bonds is 2. The number of nitrogens with zero attached hydrogens (tertiary/aromatic N) is 5. The van der Waals surface area contributed by atoms with Gasteiger partial charge in [-0.25, -0.2) is 9.97 Å². The zero-order chi connectivity index (χ0) is 21.9. The van der Waals surface area contributed by atoms with Gasteiger partial charge in [-0.3, -0.25) is 14.4 Å². The zero-order valence-electron chi connectivity index (χ0n) is 17.9. The molecule has 3 aliphatic rings. The van der Waals surface area contributed by atoms with Crippen molar-refractivity contribution in [2.24, 2.45) is 29.1 Å². The molecule has 0 radical (unpaired) electrons. The second-order valence-electron chi connectivity index (χ2n) is 9.32. The molecule has 0 aromatic carbocycles. The summed E-state index contributed by atoms with van der Waals surface area (Å²) in [7, 11) is 1.77. The van der Waals surface area contributed by atoms with E-state index in [2.05, 4.69) is 21.8 Å². The molecule has 4 heterocycles. The number of hydrogen-bond donors (Lipinski definition) is 2. The Hall–Kier alpha value is -2.45. The molecule has 0 unspecified atom stereocenters. The van der Waals surface area contributed by atoms with Gasteiger partial charge in [0.15, 0.2) is 0 Å². The van der Waals surface area contributed by atoms with Gasteiger partial charge in [0.1, 0.15) is 5.82 Å². The fraction of sp³-hybridized carbons (Fsp3) is 0.545. The van der Waals surface area contributed by atoms with Gasteiger partial charge in [0.25, 0.3) is 5.56 Å². The molecule has 4 N–H and O–H groups in total. The molecule has 2 aromatic heterocycles. The quantitative estimate of drug-likeness (QED) is 0.737. The highest BCUT2D eigenvalue weighted by Crippen LogP contribution is 2.48. The predicted molar refractivity (Wildman–Crippen MR) is 123 cm³/mol. The summed E-state index contributed by atoms with van der Waals surface area (Å²) in [5, 5.41) is 0.309. The highest BCUT2D eigenvalue weighted by Gasteiger charge is 2.46. The van der Waals surface area contributed by atoms with Gasteiger partial charge < -0.3 is 16.4 Å². The summed E-state index contributed by atoms with van der Waals surface area (Å²) in [5.74, 6) is 1.61. The van der Waals surface area contributed by atoms with Crippen LogP contribution in [0.4, 0.5) is 11.8 Å². The Morgan fingerprint density at radius 2 is 2.03 bits per heavy atom. The molecule has 1 aliphatic carbocycles. The van der Waals surface area contributed by atoms with Crippen molar-refractivity contribution >= 4 is 29.1 Å². The van der Waals surface area contributed by atoms with Gasteiger partial charge in [0, 0.05) is 37.9 Å². The molecular formula is C22H28ClN7O. The van der Waals surface area contributed by atoms with Crippen LogP contribution in [0.3, 0.4) is 0 Å². The van der Waals surface area contributed by atoms with E-state index in [0.29, 0.717) is 46.0 Å². The Labute approximate surface area is 186 Å². The Morgan fingerprint density at radius 3 is 2.71 bits per heavy atom. The number of fused-ring (bicyclic) bond motifs is 1. The molecule has 2 fully saturated rings. The first-order valence-electron chi connectivity index (χ1n) is 10.9. The highest BCUT2D eigenvalue weighted by atomic mass is 35.5. The lowest BCUT2D eigenvalue weighted by molar-refractivity contribution is 0.192. The monoisotopic (exact) mass is 441 g/mol. The Bertz CT molecular complexity index is 1130. The molecule has 1 spiro atoms. The number of hydrogen-bond acceptors (Lipinski definition) is 7. The smallest absolute Gasteiger partial charge is 0.264 e. The van der Waals surface area contributed by atoms with Crippen LogP contribution in [-0.4, -0.2) is 39.4 Å². The van der Waals surface area contributed by atoms with Crippen LogP contribution in [0.2, 0.25) is 5.02 Å². The normalized spacial score (nSPS) is 24.5. The molecule has 5 rings (SSSR count). The van der Waals surface area contributed by atoms with E-state index in [9.17, 15) is 4.79 Å². The molecule has 8 nitrogen and oxygen atoms in total. The fourth-order valence-electron chi connectivity index (χ4n) is 5.70. The minimum atomic E-state index is -0.117. The standard InChI is InChI=1S/C22H28ClN7O/c1-12-9-15(24)22(10-12)4-7-30(8-5-22)21-28-14-11-27-18(16(14)20(31)29(21)2)13-3-6-26-19(25)17(13)23/h3,6,12,15H,4-5,7-11,24H2,1-2H3,(H2,25,26)/t12-,15-/m1/s1. The number of nitrogens with two attached hydrogens (primary N) is 2. The highest BCUT2D eigenvalue weighted by molar-refractivity contribution is 6.37. The SMILES string of the molecule is C[C@@H]1C[C@@H](N)C2(CCN(c3nc4c(c(=O)n3C)C(c3ccnc(N)c3Cl)=NC4)CC2)C1. The van der Waals surface area contributed by atoms with Crippen LogP contribution in [0.25, 0.3) is 0 Å². The summed E-state index contributed by atoms with van der Waals surface area (Å²) in [6.07, 6.45) is 5.96. The van der Waals surface area contributed by atoms with Crippen molar-refractivity contribution in [2.75, 3.05) is 23.7 Å². The minimum Gasteiger partial charge on any atom is -0.382 e. The van der Waals surface area contributed by atoms with E-state index >= 15 is 0 Å². The summed E-state index contributed by atoms with van der Waals surface area (Å²) in [6.45, 7) is 4.37. The predicted octanol–water partition coefficient (Wildman–Crippen LogP) is 2.11. The molecule has 1 saturated carbocycles. The van der Waals surface area contributed by atoms with Gasteiger partial charge in [0.05, 0.1) is 28.5 Å². The number of aliphatic imine (C=N–C) groups is 1. The second-order valence-corrected chi connectivity index (χ2v) is 9.70. The molecule has 2 aliphatic heterocycles. The van der Waals surface area contributed by atoms with E-state index in [1.165, 1.54) is 6.42 Å². The third-order valence-corrected chi connectivity index (χ3v) is 7.77. The second kappa shape index (κ2) is 7.31. The van der Waals surface area contributed by atoms with Gasteiger partial charge >= 0.3 is 0 Å². The van der Waals surface area contributed by atoms with Crippen LogP contribution in [0.15, 0.2) is 22.1 Å². The lowest BCUT2D eigenvalue weighted by Gasteiger charge is -2.42. The number of pyridine rings is 1. The minimum absolute atomic E-state index is 0.117. The molecule has 1 saturated heterocycles. The number of piperidine rings is 1. The van der Waals surface area contributed by atoms with Crippen molar-refractivity contribution < 1.29 is 0 Å². The molecule has 2 aromatic rings. The fourth-order valence-corrected chi connectivity index (χ4v) is 5.90. The maximum absolute atomic E-state index is 13.4.